The van der Waals surface area contributed by atoms with E-state index in [1.807, 2.05) is 24.3 Å². The van der Waals surface area contributed by atoms with Crippen LogP contribution in [-0.4, -0.2) is 23.5 Å². The molecule has 0 aliphatic carbocycles. The van der Waals surface area contributed by atoms with Crippen LogP contribution >= 0.6 is 0 Å². The molecular formula is C16H21N5O. The van der Waals surface area contributed by atoms with E-state index in [1.165, 1.54) is 0 Å². The summed E-state index contributed by atoms with van der Waals surface area (Å²) in [6.07, 6.45) is 2.54. The van der Waals surface area contributed by atoms with Crippen molar-refractivity contribution in [2.75, 3.05) is 17.6 Å². The molecule has 0 radical (unpaired) electrons. The maximum atomic E-state index is 11.4. The fraction of sp³-hybridized carbons (Fsp3) is 0.250. The molecule has 1 unspecified atom stereocenters. The SMILES string of the molecule is CCC(CN)Nc1ccccc1-c1cnc(N)c(C(N)=O)c1. The molecule has 1 atom stereocenters. The molecule has 0 bridgehead atoms. The van der Waals surface area contributed by atoms with Gasteiger partial charge in [-0.05, 0) is 18.6 Å². The second-order valence-corrected chi connectivity index (χ2v) is 5.05. The van der Waals surface area contributed by atoms with Crippen molar-refractivity contribution in [2.24, 2.45) is 11.5 Å². The molecule has 7 N–H and O–H groups in total. The van der Waals surface area contributed by atoms with Gasteiger partial charge in [-0.1, -0.05) is 25.1 Å². The van der Waals surface area contributed by atoms with Crippen LogP contribution in [0.2, 0.25) is 0 Å². The van der Waals surface area contributed by atoms with Crippen LogP contribution in [0.4, 0.5) is 11.5 Å². The van der Waals surface area contributed by atoms with Crippen LogP contribution in [0.15, 0.2) is 36.5 Å². The van der Waals surface area contributed by atoms with Gasteiger partial charge in [-0.25, -0.2) is 4.98 Å². The number of carbonyl (C=O) groups is 1. The molecule has 1 aromatic carbocycles. The second kappa shape index (κ2) is 6.91. The van der Waals surface area contributed by atoms with Gasteiger partial charge >= 0.3 is 0 Å². The van der Waals surface area contributed by atoms with Crippen molar-refractivity contribution in [1.82, 2.24) is 4.98 Å². The predicted molar refractivity (Wildman–Crippen MR) is 89.4 cm³/mol. The summed E-state index contributed by atoms with van der Waals surface area (Å²) in [5.74, 6) is -0.458. The monoisotopic (exact) mass is 299 g/mol. The predicted octanol–water partition coefficient (Wildman–Crippen LogP) is 1.58. The van der Waals surface area contributed by atoms with Crippen LogP contribution in [0.3, 0.4) is 0 Å². The Hall–Kier alpha value is -2.60. The van der Waals surface area contributed by atoms with Crippen molar-refractivity contribution in [3.8, 4) is 11.1 Å². The number of pyridine rings is 1. The van der Waals surface area contributed by atoms with Gasteiger partial charge in [0.25, 0.3) is 5.91 Å². The van der Waals surface area contributed by atoms with Crippen LogP contribution in [0.5, 0.6) is 0 Å². The number of anilines is 2. The minimum atomic E-state index is -0.592. The van der Waals surface area contributed by atoms with Gasteiger partial charge in [0.15, 0.2) is 0 Å². The lowest BCUT2D eigenvalue weighted by Gasteiger charge is -2.19. The first-order valence-corrected chi connectivity index (χ1v) is 7.18. The topological polar surface area (TPSA) is 120 Å². The first-order valence-electron chi connectivity index (χ1n) is 7.18. The summed E-state index contributed by atoms with van der Waals surface area (Å²) in [6, 6.07) is 9.61. The quantitative estimate of drug-likeness (QED) is 0.645. The molecule has 1 amide bonds. The number of benzene rings is 1. The highest BCUT2D eigenvalue weighted by Gasteiger charge is 2.13. The fourth-order valence-electron chi connectivity index (χ4n) is 2.23. The van der Waals surface area contributed by atoms with Crippen molar-refractivity contribution in [1.29, 1.82) is 0 Å². The second-order valence-electron chi connectivity index (χ2n) is 5.05. The Labute approximate surface area is 129 Å². The van der Waals surface area contributed by atoms with Crippen molar-refractivity contribution < 1.29 is 4.79 Å². The summed E-state index contributed by atoms with van der Waals surface area (Å²) in [5, 5.41) is 3.41. The van der Waals surface area contributed by atoms with E-state index in [0.717, 1.165) is 23.2 Å². The molecule has 0 saturated carbocycles. The lowest BCUT2D eigenvalue weighted by Crippen LogP contribution is -2.28. The molecule has 0 aliphatic rings. The number of para-hydroxylation sites is 1. The van der Waals surface area contributed by atoms with Crippen molar-refractivity contribution in [3.05, 3.63) is 42.1 Å². The maximum absolute atomic E-state index is 11.4. The van der Waals surface area contributed by atoms with Gasteiger partial charge in [-0.2, -0.15) is 0 Å². The molecule has 0 saturated heterocycles. The standard InChI is InChI=1S/C16H21N5O/c1-2-11(8-17)21-14-6-4-3-5-12(14)10-7-13(16(19)22)15(18)20-9-10/h3-7,9,11,21H,2,8,17H2,1H3,(H2,18,20)(H2,19,22). The minimum Gasteiger partial charge on any atom is -0.383 e. The van der Waals surface area contributed by atoms with Gasteiger partial charge in [-0.3, -0.25) is 4.79 Å². The number of primary amides is 1. The molecule has 6 heteroatoms. The van der Waals surface area contributed by atoms with Gasteiger partial charge in [0.1, 0.15) is 5.82 Å². The third-order valence-electron chi connectivity index (χ3n) is 3.56. The lowest BCUT2D eigenvalue weighted by atomic mass is 10.0. The van der Waals surface area contributed by atoms with E-state index >= 15 is 0 Å². The number of nitrogen functional groups attached to an aromatic ring is 1. The number of nitrogens with one attached hydrogen (secondary N) is 1. The Morgan fingerprint density at radius 2 is 2.09 bits per heavy atom. The molecule has 1 heterocycles. The first kappa shape index (κ1) is 15.8. The van der Waals surface area contributed by atoms with Gasteiger partial charge in [0, 0.05) is 35.6 Å². The highest BCUT2D eigenvalue weighted by molar-refractivity contribution is 5.98. The molecule has 0 aliphatic heterocycles. The Morgan fingerprint density at radius 1 is 1.36 bits per heavy atom. The molecule has 116 valence electrons. The molecule has 22 heavy (non-hydrogen) atoms. The fourth-order valence-corrected chi connectivity index (χ4v) is 2.23. The first-order chi connectivity index (χ1) is 10.6. The van der Waals surface area contributed by atoms with Crippen LogP contribution in [0, 0.1) is 0 Å². The number of hydrogen-bond donors (Lipinski definition) is 4. The molecule has 1 aromatic heterocycles. The zero-order valence-corrected chi connectivity index (χ0v) is 12.5. The van der Waals surface area contributed by atoms with Crippen LogP contribution in [0.25, 0.3) is 11.1 Å². The average molecular weight is 299 g/mol. The Balaban J connectivity index is 2.45. The minimum absolute atomic E-state index is 0.134. The Bertz CT molecular complexity index is 667. The summed E-state index contributed by atoms with van der Waals surface area (Å²) in [4.78, 5) is 15.5. The smallest absolute Gasteiger partial charge is 0.252 e. The summed E-state index contributed by atoms with van der Waals surface area (Å²) in [5.41, 5.74) is 19.6. The van der Waals surface area contributed by atoms with Gasteiger partial charge in [-0.15, -0.1) is 0 Å². The summed E-state index contributed by atoms with van der Waals surface area (Å²) in [6.45, 7) is 2.61. The van der Waals surface area contributed by atoms with E-state index in [4.69, 9.17) is 17.2 Å². The molecule has 2 rings (SSSR count). The highest BCUT2D eigenvalue weighted by Crippen LogP contribution is 2.29. The summed E-state index contributed by atoms with van der Waals surface area (Å²) >= 11 is 0. The van der Waals surface area contributed by atoms with E-state index in [1.54, 1.807) is 12.3 Å². The summed E-state index contributed by atoms with van der Waals surface area (Å²) in [7, 11) is 0. The van der Waals surface area contributed by atoms with Crippen LogP contribution in [0.1, 0.15) is 23.7 Å². The maximum Gasteiger partial charge on any atom is 0.252 e. The number of carbonyl (C=O) groups excluding carboxylic acids is 1. The molecule has 6 nitrogen and oxygen atoms in total. The molecule has 0 fully saturated rings. The summed E-state index contributed by atoms with van der Waals surface area (Å²) < 4.78 is 0. The van der Waals surface area contributed by atoms with Gasteiger partial charge in [0.05, 0.1) is 5.56 Å². The molecule has 2 aromatic rings. The Kier molecular flexibility index (Phi) is 4.95. The number of hydrogen-bond acceptors (Lipinski definition) is 5. The normalized spacial score (nSPS) is 11.9. The number of aromatic nitrogens is 1. The zero-order valence-electron chi connectivity index (χ0n) is 12.5. The lowest BCUT2D eigenvalue weighted by molar-refractivity contribution is 0.100. The van der Waals surface area contributed by atoms with Gasteiger partial charge in [0.2, 0.25) is 0 Å². The van der Waals surface area contributed by atoms with Gasteiger partial charge < -0.3 is 22.5 Å². The largest absolute Gasteiger partial charge is 0.383 e. The number of nitrogens with zero attached hydrogens (tertiary/aromatic N) is 1. The number of amides is 1. The van der Waals surface area contributed by atoms with Crippen molar-refractivity contribution in [3.63, 3.8) is 0 Å². The van der Waals surface area contributed by atoms with Crippen LogP contribution < -0.4 is 22.5 Å². The highest BCUT2D eigenvalue weighted by atomic mass is 16.1. The zero-order chi connectivity index (χ0) is 16.1. The molecule has 0 spiro atoms. The van der Waals surface area contributed by atoms with E-state index in [-0.39, 0.29) is 17.4 Å². The van der Waals surface area contributed by atoms with Crippen LogP contribution in [-0.2, 0) is 0 Å². The van der Waals surface area contributed by atoms with E-state index in [9.17, 15) is 4.79 Å². The van der Waals surface area contributed by atoms with Crippen molar-refractivity contribution >= 4 is 17.4 Å². The number of nitrogens with two attached hydrogens (primary N) is 3. The third kappa shape index (κ3) is 3.35. The van der Waals surface area contributed by atoms with Crippen molar-refractivity contribution in [2.45, 2.75) is 19.4 Å². The number of rotatable bonds is 6. The average Bonchev–Trinajstić information content (AvgIpc) is 2.53. The third-order valence-corrected chi connectivity index (χ3v) is 3.56. The Morgan fingerprint density at radius 3 is 2.73 bits per heavy atom. The van der Waals surface area contributed by atoms with E-state index in [0.29, 0.717) is 6.54 Å². The van der Waals surface area contributed by atoms with E-state index < -0.39 is 5.91 Å². The van der Waals surface area contributed by atoms with E-state index in [2.05, 4.69) is 17.2 Å². The molecular weight excluding hydrogens is 278 g/mol.